The number of aromatic amines is 1. The number of nitrogens with zero attached hydrogens (tertiary/aromatic N) is 1. The summed E-state index contributed by atoms with van der Waals surface area (Å²) in [6.45, 7) is 0. The number of H-pyrrole nitrogens is 1. The predicted octanol–water partition coefficient (Wildman–Crippen LogP) is 7.16. The summed E-state index contributed by atoms with van der Waals surface area (Å²) in [6.07, 6.45) is 1.43. The SMILES string of the molecule is COc1cc(C=NNC(=O)c2[nH]c3ccc(Cl)cc3c2-c2ccccc2Cl)ccc1OC(=O)c1cc(OC)c(OC)c(OC)c1. The van der Waals surface area contributed by atoms with Gasteiger partial charge in [0, 0.05) is 32.1 Å². The summed E-state index contributed by atoms with van der Waals surface area (Å²) < 4.78 is 27.0. The summed E-state index contributed by atoms with van der Waals surface area (Å²) in [4.78, 5) is 29.5. The van der Waals surface area contributed by atoms with Gasteiger partial charge in [0.05, 0.1) is 40.2 Å². The number of ether oxygens (including phenoxy) is 5. The molecule has 10 nitrogen and oxygen atoms in total. The number of carbonyl (C=O) groups excluding carboxylic acids is 2. The Kier molecular flexibility index (Phi) is 9.46. The molecule has 0 unspecified atom stereocenters. The first-order chi connectivity index (χ1) is 21.8. The van der Waals surface area contributed by atoms with Gasteiger partial charge in [-0.05, 0) is 60.2 Å². The van der Waals surface area contributed by atoms with Crippen molar-refractivity contribution in [2.24, 2.45) is 5.10 Å². The first-order valence-electron chi connectivity index (χ1n) is 13.4. The third kappa shape index (κ3) is 6.52. The molecule has 0 radical (unpaired) electrons. The average Bonchev–Trinajstić information content (AvgIpc) is 3.43. The molecule has 0 bridgehead atoms. The zero-order chi connectivity index (χ0) is 32.1. The van der Waals surface area contributed by atoms with Crippen LogP contribution in [0.15, 0.2) is 77.9 Å². The van der Waals surface area contributed by atoms with Crippen molar-refractivity contribution in [3.8, 4) is 39.9 Å². The van der Waals surface area contributed by atoms with E-state index in [-0.39, 0.29) is 22.8 Å². The Morgan fingerprint density at radius 1 is 0.800 bits per heavy atom. The number of benzene rings is 4. The van der Waals surface area contributed by atoms with Gasteiger partial charge in [0.15, 0.2) is 23.0 Å². The van der Waals surface area contributed by atoms with E-state index in [1.165, 1.54) is 46.8 Å². The molecule has 230 valence electrons. The highest BCUT2D eigenvalue weighted by Crippen LogP contribution is 2.39. The van der Waals surface area contributed by atoms with Crippen molar-refractivity contribution >= 4 is 52.2 Å². The molecule has 0 atom stereocenters. The second kappa shape index (κ2) is 13.6. The van der Waals surface area contributed by atoms with Crippen LogP contribution in [-0.2, 0) is 0 Å². The summed E-state index contributed by atoms with van der Waals surface area (Å²) >= 11 is 12.8. The number of methoxy groups -OCH3 is 4. The van der Waals surface area contributed by atoms with Crippen LogP contribution in [0, 0.1) is 0 Å². The van der Waals surface area contributed by atoms with Gasteiger partial charge in [-0.1, -0.05) is 41.4 Å². The summed E-state index contributed by atoms with van der Waals surface area (Å²) in [5.74, 6) is 0.225. The van der Waals surface area contributed by atoms with Crippen molar-refractivity contribution in [1.82, 2.24) is 10.4 Å². The van der Waals surface area contributed by atoms with Gasteiger partial charge in [-0.2, -0.15) is 5.10 Å². The van der Waals surface area contributed by atoms with Crippen molar-refractivity contribution in [3.63, 3.8) is 0 Å². The minimum atomic E-state index is -0.671. The molecule has 45 heavy (non-hydrogen) atoms. The summed E-state index contributed by atoms with van der Waals surface area (Å²) in [5, 5.41) is 5.87. The molecule has 0 saturated heterocycles. The van der Waals surface area contributed by atoms with Gasteiger partial charge in [-0.3, -0.25) is 4.79 Å². The van der Waals surface area contributed by atoms with E-state index in [9.17, 15) is 9.59 Å². The summed E-state index contributed by atoms with van der Waals surface area (Å²) in [5.41, 5.74) is 5.55. The van der Waals surface area contributed by atoms with Crippen molar-refractivity contribution in [3.05, 3.63) is 99.7 Å². The quantitative estimate of drug-likeness (QED) is 0.0714. The molecule has 12 heteroatoms. The lowest BCUT2D eigenvalue weighted by Gasteiger charge is -2.14. The highest BCUT2D eigenvalue weighted by Gasteiger charge is 2.22. The van der Waals surface area contributed by atoms with Gasteiger partial charge in [-0.25, -0.2) is 10.2 Å². The van der Waals surface area contributed by atoms with E-state index in [0.717, 1.165) is 5.39 Å². The molecule has 0 spiro atoms. The highest BCUT2D eigenvalue weighted by atomic mass is 35.5. The smallest absolute Gasteiger partial charge is 0.343 e. The lowest BCUT2D eigenvalue weighted by molar-refractivity contribution is 0.0728. The molecule has 0 aliphatic heterocycles. The Morgan fingerprint density at radius 3 is 2.18 bits per heavy atom. The number of nitrogens with one attached hydrogen (secondary N) is 2. The zero-order valence-corrected chi connectivity index (χ0v) is 26.1. The van der Waals surface area contributed by atoms with Crippen LogP contribution in [0.2, 0.25) is 10.0 Å². The van der Waals surface area contributed by atoms with Crippen molar-refractivity contribution in [2.75, 3.05) is 28.4 Å². The molecule has 0 saturated carbocycles. The Balaban J connectivity index is 1.36. The van der Waals surface area contributed by atoms with Gasteiger partial charge in [0.1, 0.15) is 5.69 Å². The zero-order valence-electron chi connectivity index (χ0n) is 24.6. The Bertz CT molecular complexity index is 1910. The molecule has 1 heterocycles. The van der Waals surface area contributed by atoms with E-state index < -0.39 is 11.9 Å². The van der Waals surface area contributed by atoms with E-state index >= 15 is 0 Å². The number of aromatic nitrogens is 1. The van der Waals surface area contributed by atoms with Crippen LogP contribution in [0.4, 0.5) is 0 Å². The predicted molar refractivity (Wildman–Crippen MR) is 173 cm³/mol. The summed E-state index contributed by atoms with van der Waals surface area (Å²) in [6, 6.07) is 20.3. The molecule has 2 N–H and O–H groups in total. The second-order valence-electron chi connectivity index (χ2n) is 9.46. The minimum absolute atomic E-state index is 0.165. The van der Waals surface area contributed by atoms with E-state index in [2.05, 4.69) is 15.5 Å². The van der Waals surface area contributed by atoms with E-state index in [4.69, 9.17) is 46.9 Å². The van der Waals surface area contributed by atoms with Gasteiger partial charge < -0.3 is 28.7 Å². The fraction of sp³-hybridized carbons (Fsp3) is 0.121. The molecule has 0 aliphatic carbocycles. The van der Waals surface area contributed by atoms with E-state index in [1.807, 2.05) is 18.2 Å². The monoisotopic (exact) mass is 647 g/mol. The molecular formula is C33H27Cl2N3O7. The standard InChI is InChI=1S/C33H27Cl2N3O7/c1-41-26-13-18(9-12-25(26)45-33(40)19-14-27(42-2)31(44-4)28(15-19)43-3)17-36-38-32(39)30-29(21-7-5-6-8-23(21)35)22-16-20(34)10-11-24(22)37-30/h5-17,37H,1-4H3,(H,38,39). The Morgan fingerprint density at radius 2 is 1.51 bits per heavy atom. The number of hydrogen-bond acceptors (Lipinski definition) is 8. The largest absolute Gasteiger partial charge is 0.493 e. The normalized spacial score (nSPS) is 11.0. The second-order valence-corrected chi connectivity index (χ2v) is 10.3. The van der Waals surface area contributed by atoms with Crippen LogP contribution in [0.3, 0.4) is 0 Å². The maximum Gasteiger partial charge on any atom is 0.343 e. The maximum absolute atomic E-state index is 13.3. The molecule has 5 aromatic rings. The lowest BCUT2D eigenvalue weighted by atomic mass is 10.0. The van der Waals surface area contributed by atoms with E-state index in [1.54, 1.807) is 42.5 Å². The molecule has 1 aromatic heterocycles. The molecule has 5 rings (SSSR count). The van der Waals surface area contributed by atoms with Gasteiger partial charge in [0.2, 0.25) is 5.75 Å². The van der Waals surface area contributed by atoms with Gasteiger partial charge in [0.25, 0.3) is 5.91 Å². The number of hydrazone groups is 1. The number of esters is 1. The van der Waals surface area contributed by atoms with Crippen LogP contribution in [0.25, 0.3) is 22.0 Å². The van der Waals surface area contributed by atoms with E-state index in [0.29, 0.717) is 49.5 Å². The first-order valence-corrected chi connectivity index (χ1v) is 14.1. The number of hydrogen-bond donors (Lipinski definition) is 2. The van der Waals surface area contributed by atoms with Crippen LogP contribution in [0.1, 0.15) is 26.4 Å². The van der Waals surface area contributed by atoms with Gasteiger partial charge >= 0.3 is 5.97 Å². The van der Waals surface area contributed by atoms with Crippen molar-refractivity contribution in [2.45, 2.75) is 0 Å². The molecule has 0 fully saturated rings. The summed E-state index contributed by atoms with van der Waals surface area (Å²) in [7, 11) is 5.81. The van der Waals surface area contributed by atoms with Crippen LogP contribution >= 0.6 is 23.2 Å². The van der Waals surface area contributed by atoms with Crippen molar-refractivity contribution < 1.29 is 33.3 Å². The molecule has 0 aliphatic rings. The number of halogens is 2. The van der Waals surface area contributed by atoms with Gasteiger partial charge in [-0.15, -0.1) is 0 Å². The van der Waals surface area contributed by atoms with Crippen LogP contribution < -0.4 is 29.1 Å². The number of rotatable bonds is 10. The van der Waals surface area contributed by atoms with Crippen LogP contribution in [0.5, 0.6) is 28.7 Å². The number of fused-ring (bicyclic) bond motifs is 1. The lowest BCUT2D eigenvalue weighted by Crippen LogP contribution is -2.19. The Labute approximate surface area is 268 Å². The number of amides is 1. The molecule has 1 amide bonds. The first kappa shape index (κ1) is 31.2. The minimum Gasteiger partial charge on any atom is -0.493 e. The van der Waals surface area contributed by atoms with Crippen molar-refractivity contribution in [1.29, 1.82) is 0 Å². The van der Waals surface area contributed by atoms with Crippen LogP contribution in [-0.4, -0.2) is 51.5 Å². The molecular weight excluding hydrogens is 621 g/mol. The average molecular weight is 648 g/mol. The third-order valence-corrected chi connectivity index (χ3v) is 7.37. The highest BCUT2D eigenvalue weighted by molar-refractivity contribution is 6.34. The topological polar surface area (TPSA) is 120 Å². The number of carbonyl (C=O) groups is 2. The molecule has 4 aromatic carbocycles. The third-order valence-electron chi connectivity index (χ3n) is 6.80. The fourth-order valence-electron chi connectivity index (χ4n) is 4.71. The Hall–Kier alpha value is -5.19. The maximum atomic E-state index is 13.3. The fourth-order valence-corrected chi connectivity index (χ4v) is 5.11.